The minimum Gasteiger partial charge on any atom is -0.381 e. The Hall–Kier alpha value is 0.250. The maximum Gasteiger partial charge on any atom is 0.0533 e. The van der Waals surface area contributed by atoms with Gasteiger partial charge in [0.25, 0.3) is 0 Å². The average Bonchev–Trinajstić information content (AvgIpc) is 2.70. The molecule has 0 heterocycles. The first-order valence-corrected chi connectivity index (χ1v) is 4.50. The standard InChI is InChI=1S/C8H15ClO/c1-2-5-10-7-8(6-9)3-4-8/h2-7H2,1H3. The predicted molar refractivity (Wildman–Crippen MR) is 43.5 cm³/mol. The van der Waals surface area contributed by atoms with Crippen LogP contribution in [0.5, 0.6) is 0 Å². The molecule has 1 rings (SSSR count). The van der Waals surface area contributed by atoms with E-state index in [1.807, 2.05) is 0 Å². The van der Waals surface area contributed by atoms with Crippen LogP contribution in [-0.4, -0.2) is 19.1 Å². The van der Waals surface area contributed by atoms with Gasteiger partial charge in [0.15, 0.2) is 0 Å². The Morgan fingerprint density at radius 3 is 2.60 bits per heavy atom. The van der Waals surface area contributed by atoms with Crippen molar-refractivity contribution in [3.05, 3.63) is 0 Å². The molecule has 0 aromatic rings. The molecular weight excluding hydrogens is 148 g/mol. The summed E-state index contributed by atoms with van der Waals surface area (Å²) >= 11 is 5.75. The van der Waals surface area contributed by atoms with Gasteiger partial charge in [-0.1, -0.05) is 6.92 Å². The number of ether oxygens (including phenoxy) is 1. The lowest BCUT2D eigenvalue weighted by atomic mass is 10.2. The Morgan fingerprint density at radius 2 is 2.20 bits per heavy atom. The van der Waals surface area contributed by atoms with Gasteiger partial charge in [-0.05, 0) is 19.3 Å². The van der Waals surface area contributed by atoms with E-state index in [9.17, 15) is 0 Å². The zero-order valence-corrected chi connectivity index (χ0v) is 7.28. The van der Waals surface area contributed by atoms with Crippen LogP contribution in [0.2, 0.25) is 0 Å². The molecule has 1 fully saturated rings. The molecule has 0 bridgehead atoms. The van der Waals surface area contributed by atoms with Gasteiger partial charge in [-0.2, -0.15) is 0 Å². The van der Waals surface area contributed by atoms with Crippen molar-refractivity contribution in [2.24, 2.45) is 5.41 Å². The van der Waals surface area contributed by atoms with Crippen LogP contribution in [0, 0.1) is 5.41 Å². The van der Waals surface area contributed by atoms with E-state index in [0.29, 0.717) is 5.41 Å². The third-order valence-corrected chi connectivity index (χ3v) is 2.56. The fraction of sp³-hybridized carbons (Fsp3) is 1.00. The van der Waals surface area contributed by atoms with Crippen LogP contribution < -0.4 is 0 Å². The molecule has 0 aliphatic heterocycles. The van der Waals surface area contributed by atoms with Crippen LogP contribution in [0.3, 0.4) is 0 Å². The van der Waals surface area contributed by atoms with Crippen molar-refractivity contribution in [1.82, 2.24) is 0 Å². The van der Waals surface area contributed by atoms with Crippen molar-refractivity contribution in [3.63, 3.8) is 0 Å². The van der Waals surface area contributed by atoms with Crippen molar-refractivity contribution in [2.75, 3.05) is 19.1 Å². The zero-order chi connectivity index (χ0) is 7.45. The lowest BCUT2D eigenvalue weighted by Gasteiger charge is -2.10. The quantitative estimate of drug-likeness (QED) is 0.446. The summed E-state index contributed by atoms with van der Waals surface area (Å²) in [6.45, 7) is 3.89. The summed E-state index contributed by atoms with van der Waals surface area (Å²) in [6, 6.07) is 0. The van der Waals surface area contributed by atoms with E-state index in [-0.39, 0.29) is 0 Å². The first kappa shape index (κ1) is 8.35. The number of hydrogen-bond acceptors (Lipinski definition) is 1. The van der Waals surface area contributed by atoms with Crippen LogP contribution in [0.15, 0.2) is 0 Å². The molecule has 0 amide bonds. The molecule has 0 saturated heterocycles. The number of hydrogen-bond donors (Lipinski definition) is 0. The van der Waals surface area contributed by atoms with E-state index >= 15 is 0 Å². The topological polar surface area (TPSA) is 9.23 Å². The smallest absolute Gasteiger partial charge is 0.0533 e. The zero-order valence-electron chi connectivity index (χ0n) is 6.53. The molecule has 1 saturated carbocycles. The molecular formula is C8H15ClO. The maximum absolute atomic E-state index is 5.75. The van der Waals surface area contributed by atoms with Gasteiger partial charge in [-0.3, -0.25) is 0 Å². The van der Waals surface area contributed by atoms with Gasteiger partial charge >= 0.3 is 0 Å². The van der Waals surface area contributed by atoms with Gasteiger partial charge in [-0.15, -0.1) is 11.6 Å². The predicted octanol–water partition coefficient (Wildman–Crippen LogP) is 2.43. The number of halogens is 1. The molecule has 0 N–H and O–H groups in total. The third kappa shape index (κ3) is 2.14. The molecule has 0 unspecified atom stereocenters. The monoisotopic (exact) mass is 162 g/mol. The van der Waals surface area contributed by atoms with E-state index in [0.717, 1.165) is 25.5 Å². The summed E-state index contributed by atoms with van der Waals surface area (Å²) in [5.74, 6) is 0.775. The van der Waals surface area contributed by atoms with E-state index in [2.05, 4.69) is 6.92 Å². The maximum atomic E-state index is 5.75. The van der Waals surface area contributed by atoms with E-state index in [4.69, 9.17) is 16.3 Å². The average molecular weight is 163 g/mol. The highest BCUT2D eigenvalue weighted by Crippen LogP contribution is 2.46. The second-order valence-electron chi connectivity index (χ2n) is 3.19. The van der Waals surface area contributed by atoms with Crippen LogP contribution >= 0.6 is 11.6 Å². The Balaban J connectivity index is 2.01. The summed E-state index contributed by atoms with van der Waals surface area (Å²) in [7, 11) is 0. The van der Waals surface area contributed by atoms with Gasteiger partial charge in [0, 0.05) is 17.9 Å². The van der Waals surface area contributed by atoms with Gasteiger partial charge in [-0.25, -0.2) is 0 Å². The molecule has 1 aliphatic carbocycles. The molecule has 0 aromatic carbocycles. The second kappa shape index (κ2) is 3.59. The van der Waals surface area contributed by atoms with Crippen LogP contribution in [-0.2, 0) is 4.74 Å². The summed E-state index contributed by atoms with van der Waals surface area (Å²) in [6.07, 6.45) is 3.64. The van der Waals surface area contributed by atoms with Crippen LogP contribution in [0.1, 0.15) is 26.2 Å². The third-order valence-electron chi connectivity index (χ3n) is 2.00. The minimum atomic E-state index is 0.386. The Bertz CT molecular complexity index is 99.4. The molecule has 2 heteroatoms. The highest BCUT2D eigenvalue weighted by Gasteiger charge is 2.41. The fourth-order valence-electron chi connectivity index (χ4n) is 0.926. The highest BCUT2D eigenvalue weighted by atomic mass is 35.5. The molecule has 10 heavy (non-hydrogen) atoms. The number of alkyl halides is 1. The van der Waals surface area contributed by atoms with Crippen molar-refractivity contribution < 1.29 is 4.74 Å². The van der Waals surface area contributed by atoms with Crippen LogP contribution in [0.4, 0.5) is 0 Å². The van der Waals surface area contributed by atoms with Gasteiger partial charge in [0.1, 0.15) is 0 Å². The fourth-order valence-corrected chi connectivity index (χ4v) is 1.27. The Kier molecular flexibility index (Phi) is 2.99. The van der Waals surface area contributed by atoms with Crippen molar-refractivity contribution in [1.29, 1.82) is 0 Å². The van der Waals surface area contributed by atoms with Gasteiger partial charge in [0.05, 0.1) is 6.61 Å². The molecule has 1 nitrogen and oxygen atoms in total. The molecule has 0 radical (unpaired) electrons. The first-order chi connectivity index (χ1) is 4.83. The molecule has 60 valence electrons. The largest absolute Gasteiger partial charge is 0.381 e. The van der Waals surface area contributed by atoms with E-state index < -0.39 is 0 Å². The van der Waals surface area contributed by atoms with Gasteiger partial charge < -0.3 is 4.74 Å². The summed E-state index contributed by atoms with van der Waals surface area (Å²) in [5, 5.41) is 0. The summed E-state index contributed by atoms with van der Waals surface area (Å²) < 4.78 is 5.42. The first-order valence-electron chi connectivity index (χ1n) is 3.97. The van der Waals surface area contributed by atoms with Crippen molar-refractivity contribution in [3.8, 4) is 0 Å². The van der Waals surface area contributed by atoms with Crippen molar-refractivity contribution in [2.45, 2.75) is 26.2 Å². The van der Waals surface area contributed by atoms with Gasteiger partial charge in [0.2, 0.25) is 0 Å². The van der Waals surface area contributed by atoms with E-state index in [1.54, 1.807) is 0 Å². The normalized spacial score (nSPS) is 21.0. The Morgan fingerprint density at radius 1 is 1.50 bits per heavy atom. The summed E-state index contributed by atoms with van der Waals surface area (Å²) in [4.78, 5) is 0. The van der Waals surface area contributed by atoms with E-state index in [1.165, 1.54) is 12.8 Å². The lowest BCUT2D eigenvalue weighted by molar-refractivity contribution is 0.0982. The summed E-state index contributed by atoms with van der Waals surface area (Å²) in [5.41, 5.74) is 0.386. The minimum absolute atomic E-state index is 0.386. The number of rotatable bonds is 5. The molecule has 0 aromatic heterocycles. The molecule has 1 aliphatic rings. The molecule has 0 atom stereocenters. The SMILES string of the molecule is CCCOCC1(CCl)CC1. The lowest BCUT2D eigenvalue weighted by Crippen LogP contribution is -2.12. The molecule has 0 spiro atoms. The Labute approximate surface area is 67.7 Å². The van der Waals surface area contributed by atoms with Crippen molar-refractivity contribution >= 4 is 11.6 Å². The second-order valence-corrected chi connectivity index (χ2v) is 3.45. The highest BCUT2D eigenvalue weighted by molar-refractivity contribution is 6.18. The van der Waals surface area contributed by atoms with Crippen LogP contribution in [0.25, 0.3) is 0 Å².